The quantitative estimate of drug-likeness (QED) is 0.872. The number of aryl methyl sites for hydroxylation is 1. The molecule has 0 atom stereocenters. The molecule has 0 fully saturated rings. The number of aromatic nitrogens is 1. The molecule has 1 N–H and O–H groups in total. The van der Waals surface area contributed by atoms with E-state index in [4.69, 9.17) is 5.26 Å². The first kappa shape index (κ1) is 11.8. The highest BCUT2D eigenvalue weighted by atomic mass is 16.1. The predicted octanol–water partition coefficient (Wildman–Crippen LogP) is 2.51. The number of hydrogen-bond donors (Lipinski definition) is 1. The summed E-state index contributed by atoms with van der Waals surface area (Å²) in [5, 5.41) is 11.4. The fourth-order valence-corrected chi connectivity index (χ4v) is 1.46. The Labute approximate surface area is 105 Å². The van der Waals surface area contributed by atoms with Crippen LogP contribution in [-0.2, 0) is 0 Å². The summed E-state index contributed by atoms with van der Waals surface area (Å²) in [7, 11) is 0. The van der Waals surface area contributed by atoms with E-state index < -0.39 is 0 Å². The lowest BCUT2D eigenvalue weighted by molar-refractivity contribution is 0.102. The zero-order chi connectivity index (χ0) is 13.0. The first-order valence-corrected chi connectivity index (χ1v) is 5.43. The SMILES string of the molecule is Cc1ccc(NC(=O)c2cccc(C#N)c2)nc1. The van der Waals surface area contributed by atoms with Crippen LogP contribution >= 0.6 is 0 Å². The topological polar surface area (TPSA) is 65.8 Å². The number of carbonyl (C=O) groups is 1. The van der Waals surface area contributed by atoms with Gasteiger partial charge in [-0.15, -0.1) is 0 Å². The minimum atomic E-state index is -0.275. The molecule has 88 valence electrons. The van der Waals surface area contributed by atoms with Crippen LogP contribution in [0.15, 0.2) is 42.6 Å². The first-order chi connectivity index (χ1) is 8.69. The third kappa shape index (κ3) is 2.71. The van der Waals surface area contributed by atoms with Crippen LogP contribution in [-0.4, -0.2) is 10.9 Å². The van der Waals surface area contributed by atoms with Crippen molar-refractivity contribution in [1.82, 2.24) is 4.98 Å². The van der Waals surface area contributed by atoms with Crippen molar-refractivity contribution in [1.29, 1.82) is 5.26 Å². The lowest BCUT2D eigenvalue weighted by Crippen LogP contribution is -2.12. The molecule has 0 aliphatic carbocycles. The number of pyridine rings is 1. The van der Waals surface area contributed by atoms with Gasteiger partial charge in [-0.1, -0.05) is 12.1 Å². The van der Waals surface area contributed by atoms with Crippen molar-refractivity contribution in [2.45, 2.75) is 6.92 Å². The standard InChI is InChI=1S/C14H11N3O/c1-10-5-6-13(16-9-10)17-14(18)12-4-2-3-11(7-12)8-15/h2-7,9H,1H3,(H,16,17,18). The van der Waals surface area contributed by atoms with Crippen molar-refractivity contribution < 1.29 is 4.79 Å². The number of nitriles is 1. The van der Waals surface area contributed by atoms with Crippen LogP contribution in [0, 0.1) is 18.3 Å². The molecule has 0 aliphatic rings. The molecule has 0 bridgehead atoms. The van der Waals surface area contributed by atoms with E-state index in [9.17, 15) is 4.79 Å². The van der Waals surface area contributed by atoms with Gasteiger partial charge in [-0.3, -0.25) is 4.79 Å². The van der Waals surface area contributed by atoms with Gasteiger partial charge in [0, 0.05) is 11.8 Å². The smallest absolute Gasteiger partial charge is 0.256 e. The van der Waals surface area contributed by atoms with E-state index in [0.29, 0.717) is 16.9 Å². The average molecular weight is 237 g/mol. The normalized spacial score (nSPS) is 9.56. The Morgan fingerprint density at radius 3 is 2.83 bits per heavy atom. The summed E-state index contributed by atoms with van der Waals surface area (Å²) in [5.74, 6) is 0.219. The second-order valence-corrected chi connectivity index (χ2v) is 3.87. The Balaban J connectivity index is 2.17. The molecule has 1 heterocycles. The van der Waals surface area contributed by atoms with Gasteiger partial charge in [0.15, 0.2) is 0 Å². The lowest BCUT2D eigenvalue weighted by Gasteiger charge is -2.04. The maximum Gasteiger partial charge on any atom is 0.256 e. The van der Waals surface area contributed by atoms with Crippen LogP contribution in [0.4, 0.5) is 5.82 Å². The summed E-state index contributed by atoms with van der Waals surface area (Å²) in [6, 6.07) is 12.1. The molecule has 1 aromatic heterocycles. The van der Waals surface area contributed by atoms with Crippen LogP contribution in [0.1, 0.15) is 21.5 Å². The van der Waals surface area contributed by atoms with Gasteiger partial charge in [-0.05, 0) is 36.8 Å². The number of carbonyl (C=O) groups excluding carboxylic acids is 1. The van der Waals surface area contributed by atoms with E-state index in [1.54, 1.807) is 36.5 Å². The van der Waals surface area contributed by atoms with Gasteiger partial charge in [0.2, 0.25) is 0 Å². The van der Waals surface area contributed by atoms with E-state index in [1.165, 1.54) is 0 Å². The Kier molecular flexibility index (Phi) is 3.35. The van der Waals surface area contributed by atoms with Gasteiger partial charge in [-0.2, -0.15) is 5.26 Å². The number of rotatable bonds is 2. The molecule has 0 radical (unpaired) electrons. The molecule has 0 unspecified atom stereocenters. The van der Waals surface area contributed by atoms with Gasteiger partial charge in [-0.25, -0.2) is 4.98 Å². The number of benzene rings is 1. The molecular weight excluding hydrogens is 226 g/mol. The number of nitrogens with zero attached hydrogens (tertiary/aromatic N) is 2. The molecule has 0 saturated carbocycles. The van der Waals surface area contributed by atoms with Gasteiger partial charge >= 0.3 is 0 Å². The van der Waals surface area contributed by atoms with E-state index >= 15 is 0 Å². The van der Waals surface area contributed by atoms with Crippen molar-refractivity contribution in [2.75, 3.05) is 5.32 Å². The second kappa shape index (κ2) is 5.11. The first-order valence-electron chi connectivity index (χ1n) is 5.43. The molecule has 18 heavy (non-hydrogen) atoms. The summed E-state index contributed by atoms with van der Waals surface area (Å²) >= 11 is 0. The highest BCUT2D eigenvalue weighted by molar-refractivity contribution is 6.03. The van der Waals surface area contributed by atoms with E-state index in [1.807, 2.05) is 19.1 Å². The molecule has 1 amide bonds. The van der Waals surface area contributed by atoms with Gasteiger partial charge in [0.25, 0.3) is 5.91 Å². The minimum Gasteiger partial charge on any atom is -0.307 e. The maximum atomic E-state index is 11.9. The molecule has 2 rings (SSSR count). The largest absolute Gasteiger partial charge is 0.307 e. The van der Waals surface area contributed by atoms with Crippen molar-refractivity contribution in [3.8, 4) is 6.07 Å². The third-order valence-electron chi connectivity index (χ3n) is 2.41. The zero-order valence-electron chi connectivity index (χ0n) is 9.84. The molecule has 1 aromatic carbocycles. The molecular formula is C14H11N3O. The Hall–Kier alpha value is -2.67. The number of amides is 1. The summed E-state index contributed by atoms with van der Waals surface area (Å²) in [4.78, 5) is 16.0. The van der Waals surface area contributed by atoms with Crippen LogP contribution < -0.4 is 5.32 Å². The van der Waals surface area contributed by atoms with Gasteiger partial charge in [0.05, 0.1) is 11.6 Å². The Bertz CT molecular complexity index is 612. The second-order valence-electron chi connectivity index (χ2n) is 3.87. The molecule has 4 nitrogen and oxygen atoms in total. The molecule has 2 aromatic rings. The molecule has 0 saturated heterocycles. The highest BCUT2D eigenvalue weighted by Gasteiger charge is 2.07. The fraction of sp³-hybridized carbons (Fsp3) is 0.0714. The van der Waals surface area contributed by atoms with Crippen molar-refractivity contribution >= 4 is 11.7 Å². The van der Waals surface area contributed by atoms with Crippen molar-refractivity contribution in [3.05, 3.63) is 59.3 Å². The summed E-state index contributed by atoms with van der Waals surface area (Å²) in [6.45, 7) is 1.93. The highest BCUT2D eigenvalue weighted by Crippen LogP contribution is 2.09. The third-order valence-corrected chi connectivity index (χ3v) is 2.41. The number of anilines is 1. The predicted molar refractivity (Wildman–Crippen MR) is 68.1 cm³/mol. The maximum absolute atomic E-state index is 11.9. The van der Waals surface area contributed by atoms with E-state index in [-0.39, 0.29) is 5.91 Å². The average Bonchev–Trinajstić information content (AvgIpc) is 2.41. The molecule has 0 spiro atoms. The zero-order valence-corrected chi connectivity index (χ0v) is 9.84. The summed E-state index contributed by atoms with van der Waals surface area (Å²) in [5.41, 5.74) is 1.93. The summed E-state index contributed by atoms with van der Waals surface area (Å²) < 4.78 is 0. The minimum absolute atomic E-state index is 0.275. The van der Waals surface area contributed by atoms with E-state index in [2.05, 4.69) is 10.3 Å². The van der Waals surface area contributed by atoms with Gasteiger partial charge < -0.3 is 5.32 Å². The summed E-state index contributed by atoms with van der Waals surface area (Å²) in [6.07, 6.45) is 1.68. The van der Waals surface area contributed by atoms with Crippen molar-refractivity contribution in [2.24, 2.45) is 0 Å². The van der Waals surface area contributed by atoms with Crippen LogP contribution in [0.2, 0.25) is 0 Å². The van der Waals surface area contributed by atoms with Crippen LogP contribution in [0.5, 0.6) is 0 Å². The Morgan fingerprint density at radius 1 is 1.33 bits per heavy atom. The number of nitrogens with one attached hydrogen (secondary N) is 1. The molecule has 0 aliphatic heterocycles. The van der Waals surface area contributed by atoms with Crippen molar-refractivity contribution in [3.63, 3.8) is 0 Å². The Morgan fingerprint density at radius 2 is 2.17 bits per heavy atom. The monoisotopic (exact) mass is 237 g/mol. The van der Waals surface area contributed by atoms with Crippen LogP contribution in [0.3, 0.4) is 0 Å². The van der Waals surface area contributed by atoms with Gasteiger partial charge in [0.1, 0.15) is 5.82 Å². The fourth-order valence-electron chi connectivity index (χ4n) is 1.46. The number of hydrogen-bond acceptors (Lipinski definition) is 3. The molecule has 4 heteroatoms. The van der Waals surface area contributed by atoms with Crippen LogP contribution in [0.25, 0.3) is 0 Å². The van der Waals surface area contributed by atoms with E-state index in [0.717, 1.165) is 5.56 Å². The lowest BCUT2D eigenvalue weighted by atomic mass is 10.1.